The average molecular weight is 735 g/mol. The molecule has 0 saturated carbocycles. The lowest BCUT2D eigenvalue weighted by atomic mass is 9.90. The Morgan fingerprint density at radius 3 is 1.96 bits per heavy atom. The van der Waals surface area contributed by atoms with Crippen molar-refractivity contribution in [3.63, 3.8) is 0 Å². The first kappa shape index (κ1) is 40.4. The Hall–Kier alpha value is -5.79. The number of halogens is 7. The van der Waals surface area contributed by atoms with E-state index < -0.39 is 45.9 Å². The largest absolute Gasteiger partial charge is 0.490 e. The van der Waals surface area contributed by atoms with Gasteiger partial charge in [-0.3, -0.25) is 9.78 Å². The third kappa shape index (κ3) is 10.9. The summed E-state index contributed by atoms with van der Waals surface area (Å²) in [7, 11) is -3.58. The van der Waals surface area contributed by atoms with Crippen molar-refractivity contribution in [3.05, 3.63) is 95.2 Å². The lowest BCUT2D eigenvalue weighted by Gasteiger charge is -2.19. The number of carboxylic acids is 2. The van der Waals surface area contributed by atoms with Crippen molar-refractivity contribution in [1.29, 1.82) is 0 Å². The van der Waals surface area contributed by atoms with E-state index in [1.54, 1.807) is 55.6 Å². The number of alkyl halides is 6. The number of pyridine rings is 1. The van der Waals surface area contributed by atoms with E-state index in [0.29, 0.717) is 51.5 Å². The number of hydrogen-bond donors (Lipinski definition) is 5. The molecule has 0 aliphatic heterocycles. The Bertz CT molecular complexity index is 1950. The van der Waals surface area contributed by atoms with Crippen LogP contribution in [0.1, 0.15) is 29.4 Å². The van der Waals surface area contributed by atoms with Gasteiger partial charge in [0.25, 0.3) is 5.91 Å². The van der Waals surface area contributed by atoms with Crippen molar-refractivity contribution in [2.45, 2.75) is 30.6 Å². The number of rotatable bonds is 5. The lowest BCUT2D eigenvalue weighted by molar-refractivity contribution is -0.193. The quantitative estimate of drug-likeness (QED) is 0.0940. The number of carboxylic acid groups (broad SMARTS) is 2. The summed E-state index contributed by atoms with van der Waals surface area (Å²) in [5.41, 5.74) is 9.98. The molecule has 2 aromatic carbocycles. The van der Waals surface area contributed by atoms with Crippen LogP contribution in [0.4, 0.5) is 36.4 Å². The molecule has 50 heavy (non-hydrogen) atoms. The molecule has 0 atom stereocenters. The summed E-state index contributed by atoms with van der Waals surface area (Å²) in [6.07, 6.45) is -5.44. The first-order valence-corrected chi connectivity index (χ1v) is 15.2. The van der Waals surface area contributed by atoms with E-state index in [2.05, 4.69) is 15.5 Å². The third-order valence-electron chi connectivity index (χ3n) is 6.33. The summed E-state index contributed by atoms with van der Waals surface area (Å²) in [4.78, 5) is 35.3. The molecule has 0 fully saturated rings. The Balaban J connectivity index is 0.000000521. The van der Waals surface area contributed by atoms with Gasteiger partial charge in [0.05, 0.1) is 21.8 Å². The molecule has 0 unspecified atom stereocenters. The second kappa shape index (κ2) is 16.1. The highest BCUT2D eigenvalue weighted by Crippen LogP contribution is 2.32. The number of hydrogen-bond acceptors (Lipinski definition) is 9. The fourth-order valence-electron chi connectivity index (χ4n) is 3.98. The molecule has 20 heteroatoms. The molecule has 0 saturated heterocycles. The molecule has 0 radical (unpaired) electrons. The number of aliphatic carboxylic acids is 2. The first-order valence-electron chi connectivity index (χ1n) is 13.3. The van der Waals surface area contributed by atoms with E-state index >= 15 is 0 Å². The van der Waals surface area contributed by atoms with Gasteiger partial charge >= 0.3 is 24.3 Å². The summed E-state index contributed by atoms with van der Waals surface area (Å²) in [6, 6.07) is 13.2. The number of benzene rings is 2. The predicted molar refractivity (Wildman–Crippen MR) is 163 cm³/mol. The van der Waals surface area contributed by atoms with Crippen molar-refractivity contribution in [3.8, 4) is 11.1 Å². The zero-order chi connectivity index (χ0) is 38.2. The molecule has 3 aromatic rings. The van der Waals surface area contributed by atoms with Crippen LogP contribution in [0.5, 0.6) is 0 Å². The maximum absolute atomic E-state index is 13.9. The Morgan fingerprint density at radius 1 is 0.940 bits per heavy atom. The number of carbonyl (C=O) groups excluding carboxylic acids is 1. The number of anilines is 1. The summed E-state index contributed by atoms with van der Waals surface area (Å²) < 4.78 is 102. The topological polar surface area (TPSA) is 209 Å². The van der Waals surface area contributed by atoms with Crippen LogP contribution in [-0.2, 0) is 19.4 Å². The van der Waals surface area contributed by atoms with Crippen LogP contribution in [0.25, 0.3) is 16.7 Å². The van der Waals surface area contributed by atoms with E-state index in [1.807, 2.05) is 0 Å². The number of aromatic nitrogens is 1. The van der Waals surface area contributed by atoms with E-state index in [4.69, 9.17) is 30.7 Å². The Kier molecular flexibility index (Phi) is 13.0. The molecule has 0 bridgehead atoms. The molecule has 4 rings (SSSR count). The van der Waals surface area contributed by atoms with Crippen molar-refractivity contribution in [1.82, 2.24) is 4.98 Å². The average Bonchev–Trinajstić information content (AvgIpc) is 3.02. The molecule has 1 amide bonds. The summed E-state index contributed by atoms with van der Waals surface area (Å²) in [5, 5.41) is 29.4. The number of carbonyl (C=O) groups is 3. The normalized spacial score (nSPS) is 14.0. The van der Waals surface area contributed by atoms with Crippen LogP contribution < -0.4 is 11.1 Å². The minimum Gasteiger partial charge on any atom is -0.475 e. The monoisotopic (exact) mass is 734 g/mol. The van der Waals surface area contributed by atoms with Gasteiger partial charge in [0.2, 0.25) is 0 Å². The molecule has 1 aliphatic rings. The molecule has 0 spiro atoms. The highest BCUT2D eigenvalue weighted by molar-refractivity contribution is 7.90. The Morgan fingerprint density at radius 2 is 1.48 bits per heavy atom. The van der Waals surface area contributed by atoms with Crippen LogP contribution in [0.15, 0.2) is 88.2 Å². The number of sulfone groups is 1. The molecular weight excluding hydrogens is 709 g/mol. The molecule has 12 nitrogen and oxygen atoms in total. The lowest BCUT2D eigenvalue weighted by Crippen LogP contribution is -2.21. The fourth-order valence-corrected chi connectivity index (χ4v) is 4.87. The highest BCUT2D eigenvalue weighted by Gasteiger charge is 2.39. The third-order valence-corrected chi connectivity index (χ3v) is 7.48. The SMILES string of the molecule is CC1=C(N)C(=NO)CC=C1c1ncccc1C(=O)Nc1ccc(-c2cc(F)ccc2S(C)(=O)=O)cc1.O=C(O)C(F)(F)F.O=C(O)C(F)(F)F. The molecule has 1 aromatic heterocycles. The van der Waals surface area contributed by atoms with Gasteiger partial charge in [-0.25, -0.2) is 22.4 Å². The maximum Gasteiger partial charge on any atom is 0.490 e. The summed E-state index contributed by atoms with van der Waals surface area (Å²) in [6.45, 7) is 1.76. The highest BCUT2D eigenvalue weighted by atomic mass is 32.2. The first-order chi connectivity index (χ1) is 23.0. The minimum absolute atomic E-state index is 0.0125. The standard InChI is InChI=1S/C26H23FN4O4S.2C2HF3O2/c1-15-19(10-11-22(31-33)24(15)28)25-20(4-3-13-29-25)26(32)30-18-8-5-16(6-9-18)21-14-17(27)7-12-23(21)36(2,34)35;2*3-2(4,5)1(6)7/h3-10,12-14,33H,11,28H2,1-2H3,(H,30,32);2*(H,6,7). The van der Waals surface area contributed by atoms with E-state index in [1.165, 1.54) is 6.07 Å². The van der Waals surface area contributed by atoms with E-state index in [-0.39, 0.29) is 10.5 Å². The van der Waals surface area contributed by atoms with E-state index in [9.17, 15) is 43.9 Å². The number of allylic oxidation sites excluding steroid dienone is 4. The molecule has 1 aliphatic carbocycles. The number of nitrogens with two attached hydrogens (primary N) is 1. The van der Waals surface area contributed by atoms with Gasteiger partial charge in [0.15, 0.2) is 9.84 Å². The van der Waals surface area contributed by atoms with Crippen molar-refractivity contribution in [2.24, 2.45) is 10.9 Å². The van der Waals surface area contributed by atoms with Crippen molar-refractivity contribution >= 4 is 44.7 Å². The van der Waals surface area contributed by atoms with Crippen molar-refractivity contribution in [2.75, 3.05) is 11.6 Å². The number of amides is 1. The predicted octanol–water partition coefficient (Wildman–Crippen LogP) is 5.66. The smallest absolute Gasteiger partial charge is 0.475 e. The van der Waals surface area contributed by atoms with Gasteiger partial charge < -0.3 is 26.5 Å². The fraction of sp³-hybridized carbons (Fsp3) is 0.167. The van der Waals surface area contributed by atoms with Gasteiger partial charge in [0.1, 0.15) is 11.5 Å². The van der Waals surface area contributed by atoms with Gasteiger partial charge in [-0.05, 0) is 60.5 Å². The molecule has 268 valence electrons. The van der Waals surface area contributed by atoms with Gasteiger partial charge in [-0.15, -0.1) is 0 Å². The second-order valence-corrected chi connectivity index (χ2v) is 11.8. The maximum atomic E-state index is 13.9. The minimum atomic E-state index is -5.08. The van der Waals surface area contributed by atoms with Gasteiger partial charge in [-0.2, -0.15) is 26.3 Å². The number of oxime groups is 1. The zero-order valence-electron chi connectivity index (χ0n) is 25.5. The Labute approximate surface area is 278 Å². The van der Waals surface area contributed by atoms with Crippen LogP contribution in [0.2, 0.25) is 0 Å². The van der Waals surface area contributed by atoms with Crippen LogP contribution in [0, 0.1) is 5.82 Å². The van der Waals surface area contributed by atoms with E-state index in [0.717, 1.165) is 18.4 Å². The molecule has 6 N–H and O–H groups in total. The summed E-state index contributed by atoms with van der Waals surface area (Å²) in [5.74, 6) is -6.49. The second-order valence-electron chi connectivity index (χ2n) is 9.86. The van der Waals surface area contributed by atoms with Gasteiger partial charge in [0, 0.05) is 35.7 Å². The molecule has 1 heterocycles. The van der Waals surface area contributed by atoms with Crippen LogP contribution >= 0.6 is 0 Å². The van der Waals surface area contributed by atoms with Crippen LogP contribution in [0.3, 0.4) is 0 Å². The van der Waals surface area contributed by atoms with Gasteiger partial charge in [-0.1, -0.05) is 23.4 Å². The number of nitrogens with zero attached hydrogens (tertiary/aromatic N) is 2. The van der Waals surface area contributed by atoms with Crippen LogP contribution in [-0.4, -0.2) is 71.0 Å². The summed E-state index contributed by atoms with van der Waals surface area (Å²) >= 11 is 0. The zero-order valence-corrected chi connectivity index (χ0v) is 26.3. The molecular formula is C30H25F7N4O8S. The number of nitrogens with one attached hydrogen (secondary N) is 1. The van der Waals surface area contributed by atoms with Crippen molar-refractivity contribution < 1.29 is 69.0 Å².